The van der Waals surface area contributed by atoms with Crippen LogP contribution in [-0.2, 0) is 12.0 Å². The average Bonchev–Trinajstić information content (AvgIpc) is 3.00. The molecule has 2 N–H and O–H groups in total. The van der Waals surface area contributed by atoms with Crippen LogP contribution in [0.15, 0.2) is 41.4 Å². The zero-order valence-electron chi connectivity index (χ0n) is 15.1. The van der Waals surface area contributed by atoms with E-state index >= 15 is 0 Å². The molecule has 0 fully saturated rings. The fraction of sp³-hybridized carbons (Fsp3) is 0.421. The molecule has 0 aliphatic heterocycles. The largest absolute Gasteiger partial charge is 0.497 e. The highest BCUT2D eigenvalue weighted by atomic mass is 32.1. The lowest BCUT2D eigenvalue weighted by Gasteiger charge is -2.27. The number of benzene rings is 1. The van der Waals surface area contributed by atoms with Gasteiger partial charge in [-0.3, -0.25) is 4.99 Å². The van der Waals surface area contributed by atoms with Gasteiger partial charge >= 0.3 is 0 Å². The van der Waals surface area contributed by atoms with Crippen molar-refractivity contribution >= 4 is 17.3 Å². The molecule has 0 aliphatic rings. The zero-order chi connectivity index (χ0) is 17.6. The molecule has 4 nitrogen and oxygen atoms in total. The zero-order valence-corrected chi connectivity index (χ0v) is 16.0. The maximum atomic E-state index is 5.23. The van der Waals surface area contributed by atoms with E-state index in [2.05, 4.69) is 60.7 Å². The average molecular weight is 346 g/mol. The Morgan fingerprint density at radius 3 is 2.38 bits per heavy atom. The summed E-state index contributed by atoms with van der Waals surface area (Å²) in [5, 5.41) is 6.80. The molecule has 2 rings (SSSR count). The minimum atomic E-state index is -0.0105. The third-order valence-electron chi connectivity index (χ3n) is 4.02. The van der Waals surface area contributed by atoms with Gasteiger partial charge < -0.3 is 15.4 Å². The molecule has 130 valence electrons. The Hall–Kier alpha value is -2.01. The van der Waals surface area contributed by atoms with E-state index in [9.17, 15) is 0 Å². The minimum absolute atomic E-state index is 0.0105. The van der Waals surface area contributed by atoms with Crippen LogP contribution in [-0.4, -0.2) is 26.7 Å². The number of rotatable bonds is 6. The molecule has 0 radical (unpaired) electrons. The number of nitrogens with one attached hydrogen (secondary N) is 2. The molecule has 0 spiro atoms. The van der Waals surface area contributed by atoms with Crippen molar-refractivity contribution in [2.75, 3.05) is 20.7 Å². The summed E-state index contributed by atoms with van der Waals surface area (Å²) in [4.78, 5) is 6.95. The van der Waals surface area contributed by atoms with Gasteiger partial charge in [-0.2, -0.15) is 0 Å². The first-order chi connectivity index (χ1) is 11.4. The van der Waals surface area contributed by atoms with Crippen molar-refractivity contribution in [1.29, 1.82) is 0 Å². The first kappa shape index (κ1) is 18.3. The predicted molar refractivity (Wildman–Crippen MR) is 103 cm³/mol. The van der Waals surface area contributed by atoms with Crippen molar-refractivity contribution in [1.82, 2.24) is 10.6 Å². The number of aliphatic imine (C=N–C) groups is 1. The number of methoxy groups -OCH3 is 1. The second-order valence-corrected chi connectivity index (χ2v) is 7.78. The molecule has 0 aliphatic carbocycles. The first-order valence-corrected chi connectivity index (χ1v) is 8.90. The van der Waals surface area contributed by atoms with Crippen LogP contribution >= 0.6 is 11.3 Å². The summed E-state index contributed by atoms with van der Waals surface area (Å²) >= 11 is 1.81. The maximum Gasteiger partial charge on any atom is 0.191 e. The Balaban J connectivity index is 1.90. The molecule has 24 heavy (non-hydrogen) atoms. The van der Waals surface area contributed by atoms with Crippen molar-refractivity contribution in [2.24, 2.45) is 4.99 Å². The summed E-state index contributed by atoms with van der Waals surface area (Å²) in [6.45, 7) is 8.15. The summed E-state index contributed by atoms with van der Waals surface area (Å²) in [6.07, 6.45) is 0. The molecule has 5 heteroatoms. The molecule has 1 heterocycles. The maximum absolute atomic E-state index is 5.23. The van der Waals surface area contributed by atoms with Gasteiger partial charge in [0.25, 0.3) is 0 Å². The van der Waals surface area contributed by atoms with Gasteiger partial charge in [0.2, 0.25) is 0 Å². The smallest absolute Gasteiger partial charge is 0.191 e. The highest BCUT2D eigenvalue weighted by Crippen LogP contribution is 2.24. The van der Waals surface area contributed by atoms with Crippen LogP contribution < -0.4 is 15.4 Å². The van der Waals surface area contributed by atoms with Crippen molar-refractivity contribution in [2.45, 2.75) is 32.7 Å². The third kappa shape index (κ3) is 4.99. The Kier molecular flexibility index (Phi) is 6.26. The summed E-state index contributed by atoms with van der Waals surface area (Å²) in [6, 6.07) is 12.5. The lowest BCUT2D eigenvalue weighted by molar-refractivity contribution is 0.414. The fourth-order valence-corrected chi connectivity index (χ4v) is 3.25. The highest BCUT2D eigenvalue weighted by molar-refractivity contribution is 7.11. The van der Waals surface area contributed by atoms with Gasteiger partial charge in [0.05, 0.1) is 13.7 Å². The van der Waals surface area contributed by atoms with Crippen molar-refractivity contribution in [3.63, 3.8) is 0 Å². The number of ether oxygens (including phenoxy) is 1. The Bertz CT molecular complexity index is 674. The van der Waals surface area contributed by atoms with Crippen molar-refractivity contribution < 1.29 is 4.74 Å². The molecule has 0 amide bonds. The summed E-state index contributed by atoms with van der Waals surface area (Å²) in [5.41, 5.74) is 1.25. The number of nitrogens with zero attached hydrogens (tertiary/aromatic N) is 1. The number of guanidine groups is 1. The SMILES string of the molecule is CN=C(NCc1ccc(C)s1)NCC(C)(C)c1ccc(OC)cc1. The van der Waals surface area contributed by atoms with E-state index < -0.39 is 0 Å². The third-order valence-corrected chi connectivity index (χ3v) is 5.02. The fourth-order valence-electron chi connectivity index (χ4n) is 2.42. The molecule has 0 atom stereocenters. The van der Waals surface area contributed by atoms with Crippen molar-refractivity contribution in [3.05, 3.63) is 51.7 Å². The highest BCUT2D eigenvalue weighted by Gasteiger charge is 2.21. The second kappa shape index (κ2) is 8.20. The first-order valence-electron chi connectivity index (χ1n) is 8.09. The topological polar surface area (TPSA) is 45.7 Å². The Morgan fingerprint density at radius 1 is 1.12 bits per heavy atom. The second-order valence-electron chi connectivity index (χ2n) is 6.40. The summed E-state index contributed by atoms with van der Waals surface area (Å²) in [5.74, 6) is 1.70. The van der Waals surface area contributed by atoms with Crippen LogP contribution in [0.5, 0.6) is 5.75 Å². The number of thiophene rings is 1. The molecule has 0 bridgehead atoms. The van der Waals surface area contributed by atoms with E-state index in [0.717, 1.165) is 24.8 Å². The van der Waals surface area contributed by atoms with Gasteiger partial charge in [0, 0.05) is 28.8 Å². The van der Waals surface area contributed by atoms with Crippen LogP contribution in [0.25, 0.3) is 0 Å². The predicted octanol–water partition coefficient (Wildman–Crippen LogP) is 3.71. The summed E-state index contributed by atoms with van der Waals surface area (Å²) < 4.78 is 5.23. The van der Waals surface area contributed by atoms with Crippen LogP contribution in [0.3, 0.4) is 0 Å². The molecule has 0 saturated heterocycles. The molecule has 2 aromatic rings. The van der Waals surface area contributed by atoms with Crippen LogP contribution in [0.4, 0.5) is 0 Å². The Labute approximate surface area is 149 Å². The van der Waals surface area contributed by atoms with Gasteiger partial charge in [-0.05, 0) is 36.8 Å². The molecule has 0 saturated carbocycles. The van der Waals surface area contributed by atoms with Crippen LogP contribution in [0.2, 0.25) is 0 Å². The summed E-state index contributed by atoms with van der Waals surface area (Å²) in [7, 11) is 3.49. The molecule has 1 aromatic heterocycles. The Morgan fingerprint density at radius 2 is 1.83 bits per heavy atom. The number of hydrogen-bond acceptors (Lipinski definition) is 3. The van der Waals surface area contributed by atoms with Crippen LogP contribution in [0.1, 0.15) is 29.2 Å². The van der Waals surface area contributed by atoms with E-state index in [1.54, 1.807) is 14.2 Å². The molecular formula is C19H27N3OS. The van der Waals surface area contributed by atoms with Crippen molar-refractivity contribution in [3.8, 4) is 5.75 Å². The van der Waals surface area contributed by atoms with Gasteiger partial charge in [0.1, 0.15) is 5.75 Å². The van der Waals surface area contributed by atoms with Crippen LogP contribution in [0, 0.1) is 6.92 Å². The molecule has 1 aromatic carbocycles. The lowest BCUT2D eigenvalue weighted by atomic mass is 9.84. The molecule has 0 unspecified atom stereocenters. The van der Waals surface area contributed by atoms with Gasteiger partial charge in [-0.15, -0.1) is 11.3 Å². The lowest BCUT2D eigenvalue weighted by Crippen LogP contribution is -2.43. The quantitative estimate of drug-likeness (QED) is 0.620. The van der Waals surface area contributed by atoms with E-state index in [4.69, 9.17) is 4.74 Å². The van der Waals surface area contributed by atoms with Gasteiger partial charge in [0.15, 0.2) is 5.96 Å². The van der Waals surface area contributed by atoms with E-state index in [-0.39, 0.29) is 5.41 Å². The minimum Gasteiger partial charge on any atom is -0.497 e. The van der Waals surface area contributed by atoms with Gasteiger partial charge in [-0.1, -0.05) is 26.0 Å². The van der Waals surface area contributed by atoms with E-state index in [1.807, 2.05) is 23.5 Å². The normalized spacial score (nSPS) is 12.1. The number of aryl methyl sites for hydroxylation is 1. The standard InChI is InChI=1S/C19H27N3OS/c1-14-6-11-17(24-14)12-21-18(20-4)22-13-19(2,3)15-7-9-16(23-5)10-8-15/h6-11H,12-13H2,1-5H3,(H2,20,21,22). The number of hydrogen-bond donors (Lipinski definition) is 2. The van der Waals surface area contributed by atoms with E-state index in [0.29, 0.717) is 0 Å². The van der Waals surface area contributed by atoms with E-state index in [1.165, 1.54) is 15.3 Å². The van der Waals surface area contributed by atoms with Gasteiger partial charge in [-0.25, -0.2) is 0 Å². The molecular weight excluding hydrogens is 318 g/mol. The monoisotopic (exact) mass is 345 g/mol.